The second kappa shape index (κ2) is 5.57. The topological polar surface area (TPSA) is 57.6 Å². The maximum Gasteiger partial charge on any atom is 0.214 e. The summed E-state index contributed by atoms with van der Waals surface area (Å²) in [6.45, 7) is 3.50. The van der Waals surface area contributed by atoms with Crippen molar-refractivity contribution in [1.82, 2.24) is 4.31 Å². The number of sulfonamides is 1. The zero-order valence-electron chi connectivity index (χ0n) is 8.52. The predicted octanol–water partition coefficient (Wildman–Crippen LogP) is 0.429. The van der Waals surface area contributed by atoms with Gasteiger partial charge in [0.1, 0.15) is 0 Å². The zero-order valence-corrected chi connectivity index (χ0v) is 9.34. The highest BCUT2D eigenvalue weighted by Crippen LogP contribution is 2.06. The molecule has 0 aromatic rings. The summed E-state index contributed by atoms with van der Waals surface area (Å²) < 4.78 is 24.2. The number of hydrogen-bond donors (Lipinski definition) is 1. The van der Waals surface area contributed by atoms with Crippen molar-refractivity contribution in [2.24, 2.45) is 0 Å². The van der Waals surface area contributed by atoms with Crippen molar-refractivity contribution in [3.63, 3.8) is 0 Å². The van der Waals surface area contributed by atoms with E-state index in [1.807, 2.05) is 6.92 Å². The molecule has 4 nitrogen and oxygen atoms in total. The smallest absolute Gasteiger partial charge is 0.214 e. The van der Waals surface area contributed by atoms with Crippen molar-refractivity contribution >= 4 is 10.0 Å². The monoisotopic (exact) mass is 209 g/mol. The lowest BCUT2D eigenvalue weighted by atomic mass is 10.4. The molecule has 0 saturated heterocycles. The van der Waals surface area contributed by atoms with Gasteiger partial charge in [0.05, 0.1) is 12.4 Å². The molecule has 1 atom stereocenters. The molecule has 80 valence electrons. The Hall–Kier alpha value is -0.130. The van der Waals surface area contributed by atoms with Gasteiger partial charge in [-0.05, 0) is 13.3 Å². The molecule has 0 saturated carbocycles. The standard InChI is InChI=1S/C8H19NO3S/c1-4-5-6-13(11,12)9(3)8(2)7-10/h8,10H,4-7H2,1-3H3. The SMILES string of the molecule is CCCCS(=O)(=O)N(C)C(C)CO. The van der Waals surface area contributed by atoms with Crippen LogP contribution in [0.4, 0.5) is 0 Å². The first-order valence-corrected chi connectivity index (χ1v) is 6.13. The Balaban J connectivity index is 4.28. The van der Waals surface area contributed by atoms with Crippen molar-refractivity contribution < 1.29 is 13.5 Å². The van der Waals surface area contributed by atoms with E-state index in [-0.39, 0.29) is 18.4 Å². The number of nitrogens with zero attached hydrogens (tertiary/aromatic N) is 1. The van der Waals surface area contributed by atoms with E-state index >= 15 is 0 Å². The van der Waals surface area contributed by atoms with E-state index in [0.29, 0.717) is 6.42 Å². The van der Waals surface area contributed by atoms with Crippen LogP contribution < -0.4 is 0 Å². The Kier molecular flexibility index (Phi) is 5.51. The minimum atomic E-state index is -3.16. The maximum atomic E-state index is 11.5. The average Bonchev–Trinajstić information content (AvgIpc) is 2.12. The third-order valence-corrected chi connectivity index (χ3v) is 4.12. The lowest BCUT2D eigenvalue weighted by Gasteiger charge is -2.22. The molecule has 0 fully saturated rings. The van der Waals surface area contributed by atoms with Crippen LogP contribution >= 0.6 is 0 Å². The maximum absolute atomic E-state index is 11.5. The normalized spacial score (nSPS) is 14.8. The summed E-state index contributed by atoms with van der Waals surface area (Å²) in [6.07, 6.45) is 1.53. The Labute approximate surface area is 80.6 Å². The Morgan fingerprint density at radius 1 is 1.46 bits per heavy atom. The summed E-state index contributed by atoms with van der Waals surface area (Å²) in [6, 6.07) is -0.332. The molecule has 0 aliphatic rings. The van der Waals surface area contributed by atoms with E-state index in [2.05, 4.69) is 0 Å². The molecule has 0 rings (SSSR count). The molecule has 0 aliphatic carbocycles. The fraction of sp³-hybridized carbons (Fsp3) is 1.00. The number of rotatable bonds is 6. The van der Waals surface area contributed by atoms with Crippen LogP contribution in [-0.4, -0.2) is 43.3 Å². The van der Waals surface area contributed by atoms with Crippen LogP contribution in [0.1, 0.15) is 26.7 Å². The van der Waals surface area contributed by atoms with Gasteiger partial charge in [-0.2, -0.15) is 4.31 Å². The molecule has 0 spiro atoms. The summed E-state index contributed by atoms with van der Waals surface area (Å²) in [5.41, 5.74) is 0. The van der Waals surface area contributed by atoms with E-state index in [1.54, 1.807) is 6.92 Å². The lowest BCUT2D eigenvalue weighted by molar-refractivity contribution is 0.214. The van der Waals surface area contributed by atoms with Crippen molar-refractivity contribution in [3.05, 3.63) is 0 Å². The Bertz CT molecular complexity index is 226. The van der Waals surface area contributed by atoms with E-state index in [4.69, 9.17) is 5.11 Å². The van der Waals surface area contributed by atoms with Crippen LogP contribution in [0.5, 0.6) is 0 Å². The number of aliphatic hydroxyl groups excluding tert-OH is 1. The first-order chi connectivity index (χ1) is 5.95. The van der Waals surface area contributed by atoms with Crippen LogP contribution in [0.2, 0.25) is 0 Å². The lowest BCUT2D eigenvalue weighted by Crippen LogP contribution is -2.38. The Morgan fingerprint density at radius 2 is 2.00 bits per heavy atom. The molecule has 0 amide bonds. The molecule has 0 heterocycles. The van der Waals surface area contributed by atoms with E-state index in [9.17, 15) is 8.42 Å². The second-order valence-corrected chi connectivity index (χ2v) is 5.37. The number of unbranched alkanes of at least 4 members (excludes halogenated alkanes) is 1. The largest absolute Gasteiger partial charge is 0.395 e. The predicted molar refractivity (Wildman–Crippen MR) is 53.0 cm³/mol. The van der Waals surface area contributed by atoms with Gasteiger partial charge in [-0.15, -0.1) is 0 Å². The highest BCUT2D eigenvalue weighted by molar-refractivity contribution is 7.89. The van der Waals surface area contributed by atoms with E-state index in [1.165, 1.54) is 11.4 Å². The van der Waals surface area contributed by atoms with Gasteiger partial charge in [0.15, 0.2) is 0 Å². The van der Waals surface area contributed by atoms with Gasteiger partial charge < -0.3 is 5.11 Å². The minimum absolute atomic E-state index is 0.137. The third kappa shape index (κ3) is 4.06. The molecular weight excluding hydrogens is 190 g/mol. The van der Waals surface area contributed by atoms with Gasteiger partial charge in [0.25, 0.3) is 0 Å². The van der Waals surface area contributed by atoms with Crippen molar-refractivity contribution in [3.8, 4) is 0 Å². The molecule has 1 N–H and O–H groups in total. The number of hydrogen-bond acceptors (Lipinski definition) is 3. The van der Waals surface area contributed by atoms with Crippen LogP contribution in [0.3, 0.4) is 0 Å². The summed E-state index contributed by atoms with van der Waals surface area (Å²) >= 11 is 0. The molecule has 0 radical (unpaired) electrons. The molecular formula is C8H19NO3S. The highest BCUT2D eigenvalue weighted by Gasteiger charge is 2.21. The molecule has 5 heteroatoms. The molecule has 0 aromatic carbocycles. The fourth-order valence-corrected chi connectivity index (χ4v) is 2.42. The van der Waals surface area contributed by atoms with Crippen molar-refractivity contribution in [2.45, 2.75) is 32.7 Å². The van der Waals surface area contributed by atoms with Crippen LogP contribution in [0, 0.1) is 0 Å². The fourth-order valence-electron chi connectivity index (χ4n) is 0.860. The Morgan fingerprint density at radius 3 is 2.38 bits per heavy atom. The first-order valence-electron chi connectivity index (χ1n) is 4.52. The van der Waals surface area contributed by atoms with Crippen LogP contribution in [0.15, 0.2) is 0 Å². The summed E-state index contributed by atoms with van der Waals surface area (Å²) in [4.78, 5) is 0. The second-order valence-electron chi connectivity index (χ2n) is 3.22. The van der Waals surface area contributed by atoms with Crippen molar-refractivity contribution in [1.29, 1.82) is 0 Å². The quantitative estimate of drug-likeness (QED) is 0.690. The highest BCUT2D eigenvalue weighted by atomic mass is 32.2. The van der Waals surface area contributed by atoms with E-state index < -0.39 is 10.0 Å². The first kappa shape index (κ1) is 12.9. The average molecular weight is 209 g/mol. The van der Waals surface area contributed by atoms with Gasteiger partial charge in [-0.25, -0.2) is 8.42 Å². The van der Waals surface area contributed by atoms with Gasteiger partial charge in [0, 0.05) is 13.1 Å². The molecule has 0 aliphatic heterocycles. The van der Waals surface area contributed by atoms with Crippen molar-refractivity contribution in [2.75, 3.05) is 19.4 Å². The minimum Gasteiger partial charge on any atom is -0.395 e. The number of likely N-dealkylation sites (N-methyl/N-ethyl adjacent to an activating group) is 1. The van der Waals surface area contributed by atoms with Gasteiger partial charge in [0.2, 0.25) is 10.0 Å². The van der Waals surface area contributed by atoms with Gasteiger partial charge in [-0.1, -0.05) is 13.3 Å². The zero-order chi connectivity index (χ0) is 10.5. The number of aliphatic hydroxyl groups is 1. The van der Waals surface area contributed by atoms with Gasteiger partial charge >= 0.3 is 0 Å². The van der Waals surface area contributed by atoms with Crippen LogP contribution in [-0.2, 0) is 10.0 Å². The van der Waals surface area contributed by atoms with Crippen LogP contribution in [0.25, 0.3) is 0 Å². The molecule has 0 bridgehead atoms. The molecule has 13 heavy (non-hydrogen) atoms. The van der Waals surface area contributed by atoms with Gasteiger partial charge in [-0.3, -0.25) is 0 Å². The summed E-state index contributed by atoms with van der Waals surface area (Å²) in [5.74, 6) is 0.171. The molecule has 0 aromatic heterocycles. The summed E-state index contributed by atoms with van der Waals surface area (Å²) in [5, 5.41) is 8.79. The third-order valence-electron chi connectivity index (χ3n) is 2.08. The summed E-state index contributed by atoms with van der Waals surface area (Å²) in [7, 11) is -1.65. The molecule has 1 unspecified atom stereocenters. The van der Waals surface area contributed by atoms with E-state index in [0.717, 1.165) is 6.42 Å².